The second-order valence-electron chi connectivity index (χ2n) is 4.64. The quantitative estimate of drug-likeness (QED) is 0.775. The lowest BCUT2D eigenvalue weighted by Crippen LogP contribution is -1.98. The molecule has 0 aliphatic rings. The molecule has 2 heterocycles. The molecule has 3 rings (SSSR count). The summed E-state index contributed by atoms with van der Waals surface area (Å²) in [7, 11) is 1.79. The van der Waals surface area contributed by atoms with Crippen LogP contribution in [0.25, 0.3) is 22.3 Å². The topological polar surface area (TPSA) is 68.0 Å². The van der Waals surface area contributed by atoms with E-state index in [9.17, 15) is 9.90 Å². The van der Waals surface area contributed by atoms with E-state index in [-0.39, 0.29) is 5.56 Å². The van der Waals surface area contributed by atoms with Crippen LogP contribution in [0.1, 0.15) is 16.2 Å². The van der Waals surface area contributed by atoms with E-state index in [0.717, 1.165) is 5.56 Å². The molecule has 0 unspecified atom stereocenters. The smallest absolute Gasteiger partial charge is 0.338 e. The Balaban J connectivity index is 2.44. The summed E-state index contributed by atoms with van der Waals surface area (Å²) in [6.07, 6.45) is 1.58. The number of fused-ring (bicyclic) bond motifs is 1. The van der Waals surface area contributed by atoms with Crippen LogP contribution < -0.4 is 0 Å². The maximum atomic E-state index is 11.4. The number of carbonyl (C=O) groups is 1. The van der Waals surface area contributed by atoms with Crippen LogP contribution in [0.4, 0.5) is 0 Å². The van der Waals surface area contributed by atoms with Gasteiger partial charge in [0.05, 0.1) is 16.6 Å². The van der Waals surface area contributed by atoms with E-state index in [4.69, 9.17) is 0 Å². The number of aryl methyl sites for hydroxylation is 2. The first kappa shape index (κ1) is 12.3. The average Bonchev–Trinajstić information content (AvgIpc) is 2.77. The van der Waals surface area contributed by atoms with Crippen LogP contribution in [0.15, 0.2) is 36.5 Å². The van der Waals surface area contributed by atoms with E-state index < -0.39 is 5.97 Å². The molecule has 0 aliphatic carbocycles. The van der Waals surface area contributed by atoms with Gasteiger partial charge in [-0.15, -0.1) is 0 Å². The van der Waals surface area contributed by atoms with Crippen LogP contribution >= 0.6 is 0 Å². The Kier molecular flexibility index (Phi) is 2.75. The number of carboxylic acid groups (broad SMARTS) is 1. The van der Waals surface area contributed by atoms with Crippen LogP contribution in [-0.4, -0.2) is 25.6 Å². The Morgan fingerprint density at radius 2 is 1.90 bits per heavy atom. The van der Waals surface area contributed by atoms with Gasteiger partial charge in [0.2, 0.25) is 0 Å². The van der Waals surface area contributed by atoms with Gasteiger partial charge in [0, 0.05) is 18.8 Å². The number of nitrogens with zero attached hydrogens (tertiary/aromatic N) is 3. The van der Waals surface area contributed by atoms with Crippen LogP contribution in [0.2, 0.25) is 0 Å². The van der Waals surface area contributed by atoms with Gasteiger partial charge in [-0.3, -0.25) is 0 Å². The Morgan fingerprint density at radius 3 is 2.55 bits per heavy atom. The monoisotopic (exact) mass is 267 g/mol. The normalized spacial score (nSPS) is 10.9. The van der Waals surface area contributed by atoms with E-state index in [1.54, 1.807) is 24.7 Å². The van der Waals surface area contributed by atoms with E-state index >= 15 is 0 Å². The van der Waals surface area contributed by atoms with Gasteiger partial charge in [0.25, 0.3) is 0 Å². The molecule has 0 radical (unpaired) electrons. The van der Waals surface area contributed by atoms with E-state index in [0.29, 0.717) is 22.6 Å². The highest BCUT2D eigenvalue weighted by Gasteiger charge is 2.19. The van der Waals surface area contributed by atoms with Crippen LogP contribution in [0.3, 0.4) is 0 Å². The van der Waals surface area contributed by atoms with Gasteiger partial charge in [-0.05, 0) is 6.92 Å². The van der Waals surface area contributed by atoms with Crippen molar-refractivity contribution in [1.29, 1.82) is 0 Å². The van der Waals surface area contributed by atoms with Gasteiger partial charge in [-0.25, -0.2) is 14.8 Å². The predicted molar refractivity (Wildman–Crippen MR) is 75.6 cm³/mol. The zero-order valence-corrected chi connectivity index (χ0v) is 11.2. The van der Waals surface area contributed by atoms with Crippen LogP contribution in [-0.2, 0) is 7.05 Å². The second-order valence-corrected chi connectivity index (χ2v) is 4.64. The number of hydrogen-bond donors (Lipinski definition) is 1. The molecule has 3 aromatic rings. The number of carboxylic acids is 1. The van der Waals surface area contributed by atoms with Crippen molar-refractivity contribution >= 4 is 17.0 Å². The van der Waals surface area contributed by atoms with Crippen LogP contribution in [0, 0.1) is 6.92 Å². The van der Waals surface area contributed by atoms with Crippen molar-refractivity contribution in [2.45, 2.75) is 6.92 Å². The van der Waals surface area contributed by atoms with Crippen molar-refractivity contribution < 1.29 is 9.90 Å². The fourth-order valence-corrected chi connectivity index (χ4v) is 2.35. The Hall–Kier alpha value is -2.69. The van der Waals surface area contributed by atoms with E-state index in [1.165, 1.54) is 0 Å². The highest BCUT2D eigenvalue weighted by molar-refractivity contribution is 6.07. The van der Waals surface area contributed by atoms with Gasteiger partial charge in [0.15, 0.2) is 0 Å². The van der Waals surface area contributed by atoms with Crippen LogP contribution in [0.5, 0.6) is 0 Å². The number of aromatic nitrogens is 3. The minimum atomic E-state index is -0.972. The summed E-state index contributed by atoms with van der Waals surface area (Å²) in [5.41, 5.74) is 2.40. The molecule has 0 amide bonds. The predicted octanol–water partition coefficient (Wildman–Crippen LogP) is 2.64. The third-order valence-electron chi connectivity index (χ3n) is 3.21. The van der Waals surface area contributed by atoms with Crippen molar-refractivity contribution in [2.75, 3.05) is 0 Å². The lowest BCUT2D eigenvalue weighted by molar-refractivity contribution is 0.0699. The minimum absolute atomic E-state index is 0.223. The summed E-state index contributed by atoms with van der Waals surface area (Å²) in [5.74, 6) is -0.352. The molecule has 1 aromatic carbocycles. The highest BCUT2D eigenvalue weighted by Crippen LogP contribution is 2.29. The first-order valence-corrected chi connectivity index (χ1v) is 6.20. The zero-order valence-electron chi connectivity index (χ0n) is 11.2. The average molecular weight is 267 g/mol. The molecule has 0 bridgehead atoms. The maximum Gasteiger partial charge on any atom is 0.338 e. The third-order valence-corrected chi connectivity index (χ3v) is 3.21. The number of aromatic carboxylic acids is 1. The molecular formula is C15H13N3O2. The molecule has 100 valence electrons. The number of benzene rings is 1. The molecule has 0 aliphatic heterocycles. The molecular weight excluding hydrogens is 254 g/mol. The number of rotatable bonds is 2. The highest BCUT2D eigenvalue weighted by atomic mass is 16.4. The lowest BCUT2D eigenvalue weighted by Gasteiger charge is -2.05. The zero-order chi connectivity index (χ0) is 14.3. The summed E-state index contributed by atoms with van der Waals surface area (Å²) in [6.45, 7) is 1.80. The fourth-order valence-electron chi connectivity index (χ4n) is 2.35. The molecule has 0 saturated heterocycles. The lowest BCUT2D eigenvalue weighted by atomic mass is 10.1. The summed E-state index contributed by atoms with van der Waals surface area (Å²) in [4.78, 5) is 20.2. The van der Waals surface area contributed by atoms with Crippen molar-refractivity contribution in [3.63, 3.8) is 0 Å². The summed E-state index contributed by atoms with van der Waals surface area (Å²) >= 11 is 0. The van der Waals surface area contributed by atoms with Gasteiger partial charge in [0.1, 0.15) is 11.5 Å². The van der Waals surface area contributed by atoms with Gasteiger partial charge < -0.3 is 9.67 Å². The van der Waals surface area contributed by atoms with Gasteiger partial charge in [-0.2, -0.15) is 0 Å². The standard InChI is InChI=1S/C15H13N3O2/c1-9-16-13(10-6-4-3-5-7-10)12-11(15(19)20)8-18(2)14(12)17-9/h3-8H,1-2H3,(H,19,20). The Bertz CT molecular complexity index is 807. The molecule has 2 aromatic heterocycles. The Labute approximate surface area is 115 Å². The molecule has 0 fully saturated rings. The largest absolute Gasteiger partial charge is 0.478 e. The van der Waals surface area contributed by atoms with Crippen molar-refractivity contribution in [3.8, 4) is 11.3 Å². The van der Waals surface area contributed by atoms with E-state index in [2.05, 4.69) is 9.97 Å². The fraction of sp³-hybridized carbons (Fsp3) is 0.133. The number of hydrogen-bond acceptors (Lipinski definition) is 3. The molecule has 5 nitrogen and oxygen atoms in total. The minimum Gasteiger partial charge on any atom is -0.478 e. The van der Waals surface area contributed by atoms with Gasteiger partial charge >= 0.3 is 5.97 Å². The van der Waals surface area contributed by atoms with Gasteiger partial charge in [-0.1, -0.05) is 30.3 Å². The molecule has 0 atom stereocenters. The summed E-state index contributed by atoms with van der Waals surface area (Å²) in [5, 5.41) is 9.95. The summed E-state index contributed by atoms with van der Waals surface area (Å²) in [6, 6.07) is 9.56. The SMILES string of the molecule is Cc1nc(-c2ccccc2)c2c(C(=O)O)cn(C)c2n1. The molecule has 5 heteroatoms. The van der Waals surface area contributed by atoms with Crippen molar-refractivity contribution in [1.82, 2.24) is 14.5 Å². The Morgan fingerprint density at radius 1 is 1.20 bits per heavy atom. The third kappa shape index (κ3) is 1.84. The second kappa shape index (κ2) is 4.45. The molecule has 0 saturated carbocycles. The van der Waals surface area contributed by atoms with Crippen molar-refractivity contribution in [3.05, 3.63) is 47.9 Å². The molecule has 1 N–H and O–H groups in total. The van der Waals surface area contributed by atoms with Crippen molar-refractivity contribution in [2.24, 2.45) is 7.05 Å². The summed E-state index contributed by atoms with van der Waals surface area (Å²) < 4.78 is 1.72. The molecule has 0 spiro atoms. The van der Waals surface area contributed by atoms with E-state index in [1.807, 2.05) is 30.3 Å². The maximum absolute atomic E-state index is 11.4. The first-order valence-electron chi connectivity index (χ1n) is 6.20. The first-order chi connectivity index (χ1) is 9.58. The molecule has 20 heavy (non-hydrogen) atoms.